The van der Waals surface area contributed by atoms with E-state index >= 15 is 0 Å². The van der Waals surface area contributed by atoms with Gasteiger partial charge in [-0.1, -0.05) is 26.8 Å². The van der Waals surface area contributed by atoms with E-state index < -0.39 is 12.6 Å². The van der Waals surface area contributed by atoms with Gasteiger partial charge < -0.3 is 14.5 Å². The Morgan fingerprint density at radius 2 is 1.66 bits per heavy atom. The third-order valence-corrected chi connectivity index (χ3v) is 7.99. The smallest absolute Gasteiger partial charge is 0.378 e. The quantitative estimate of drug-likeness (QED) is 0.468. The fourth-order valence-corrected chi connectivity index (χ4v) is 5.66. The first-order valence-electron chi connectivity index (χ1n) is 13.3. The van der Waals surface area contributed by atoms with Crippen LogP contribution >= 0.6 is 0 Å². The number of allylic oxidation sites excluding steroid dienone is 2. The van der Waals surface area contributed by atoms with Gasteiger partial charge in [0.1, 0.15) is 0 Å². The molecule has 4 nitrogen and oxygen atoms in total. The number of morpholine rings is 1. The molecule has 2 fully saturated rings. The van der Waals surface area contributed by atoms with Gasteiger partial charge in [0.2, 0.25) is 0 Å². The summed E-state index contributed by atoms with van der Waals surface area (Å²) in [5, 5.41) is 0. The average Bonchev–Trinajstić information content (AvgIpc) is 2.83. The molecule has 196 valence electrons. The molecule has 1 atom stereocenters. The van der Waals surface area contributed by atoms with Gasteiger partial charge in [-0.3, -0.25) is 4.90 Å². The summed E-state index contributed by atoms with van der Waals surface area (Å²) in [4.78, 5) is 7.03. The third-order valence-electron chi connectivity index (χ3n) is 7.99. The number of benzene rings is 1. The molecule has 0 N–H and O–H groups in total. The molecule has 2 aliphatic heterocycles. The summed E-state index contributed by atoms with van der Waals surface area (Å²) in [7, 11) is 0. The second kappa shape index (κ2) is 11.1. The number of rotatable bonds is 6. The summed E-state index contributed by atoms with van der Waals surface area (Å²) in [6.07, 6.45) is 1.33. The largest absolute Gasteiger partial charge is 0.389 e. The van der Waals surface area contributed by atoms with Gasteiger partial charge in [-0.15, -0.1) is 0 Å². The summed E-state index contributed by atoms with van der Waals surface area (Å²) in [6.45, 7) is 14.3. The van der Waals surface area contributed by atoms with E-state index in [2.05, 4.69) is 59.7 Å². The summed E-state index contributed by atoms with van der Waals surface area (Å²) < 4.78 is 43.1. The molecule has 4 rings (SSSR count). The lowest BCUT2D eigenvalue weighted by molar-refractivity contribution is -0.136. The van der Waals surface area contributed by atoms with E-state index in [1.54, 1.807) is 0 Å². The van der Waals surface area contributed by atoms with Crippen LogP contribution in [0.2, 0.25) is 0 Å². The van der Waals surface area contributed by atoms with Crippen molar-refractivity contribution in [2.24, 2.45) is 11.3 Å². The van der Waals surface area contributed by atoms with E-state index in [1.165, 1.54) is 28.9 Å². The Morgan fingerprint density at radius 1 is 0.943 bits per heavy atom. The molecule has 7 heteroatoms. The highest BCUT2D eigenvalue weighted by Gasteiger charge is 2.29. The van der Waals surface area contributed by atoms with Crippen LogP contribution in [0.5, 0.6) is 0 Å². The van der Waals surface area contributed by atoms with Crippen LogP contribution in [0.1, 0.15) is 58.4 Å². The fraction of sp³-hybridized carbons (Fsp3) is 0.714. The molecule has 3 aliphatic rings. The minimum atomic E-state index is -4.06. The maximum absolute atomic E-state index is 12.5. The molecule has 1 aliphatic carbocycles. The first kappa shape index (κ1) is 26.3. The van der Waals surface area contributed by atoms with Crippen molar-refractivity contribution in [2.45, 2.75) is 59.1 Å². The molecule has 0 spiro atoms. The molecule has 0 aromatic heterocycles. The molecule has 2 saturated heterocycles. The fourth-order valence-electron chi connectivity index (χ4n) is 5.66. The molecule has 35 heavy (non-hydrogen) atoms. The molecule has 1 aromatic rings. The zero-order chi connectivity index (χ0) is 25.1. The van der Waals surface area contributed by atoms with Crippen LogP contribution in [-0.2, 0) is 4.74 Å². The summed E-state index contributed by atoms with van der Waals surface area (Å²) in [5.74, 6) is 0.706. The highest BCUT2D eigenvalue weighted by atomic mass is 19.4. The maximum atomic E-state index is 12.5. The molecular formula is C28H42F3N3O. The summed E-state index contributed by atoms with van der Waals surface area (Å²) >= 11 is 0. The van der Waals surface area contributed by atoms with Crippen LogP contribution in [0, 0.1) is 11.3 Å². The summed E-state index contributed by atoms with van der Waals surface area (Å²) in [6, 6.07) is 6.89. The normalized spacial score (nSPS) is 22.9. The van der Waals surface area contributed by atoms with Crippen LogP contribution in [-0.4, -0.2) is 70.1 Å². The van der Waals surface area contributed by atoms with Gasteiger partial charge in [-0.2, -0.15) is 13.2 Å². The Labute approximate surface area is 209 Å². The van der Waals surface area contributed by atoms with Gasteiger partial charge in [0.15, 0.2) is 0 Å². The predicted molar refractivity (Wildman–Crippen MR) is 138 cm³/mol. The molecule has 0 bridgehead atoms. The lowest BCUT2D eigenvalue weighted by atomic mass is 9.72. The standard InChI is InChI=1S/C28H42F3N3O/c1-27(2,3)23-7-5-22(6-8-23)25-21-24(33-17-19-35-20-18-33)9-10-26(25)34-15-13-32(14-16-34)12-4-11-28(29,30)31/h5,9-10,21,23H,4,6-8,11-20H2,1-3H3. The number of anilines is 2. The van der Waals surface area contributed by atoms with Crippen molar-refractivity contribution in [3.8, 4) is 0 Å². The molecule has 0 amide bonds. The number of hydrogen-bond acceptors (Lipinski definition) is 4. The highest BCUT2D eigenvalue weighted by Crippen LogP contribution is 2.42. The number of halogens is 3. The van der Waals surface area contributed by atoms with Crippen LogP contribution < -0.4 is 9.80 Å². The molecule has 1 unspecified atom stereocenters. The first-order chi connectivity index (χ1) is 16.6. The Kier molecular flexibility index (Phi) is 8.37. The van der Waals surface area contributed by atoms with Gasteiger partial charge in [0.25, 0.3) is 0 Å². The Morgan fingerprint density at radius 3 is 2.26 bits per heavy atom. The lowest BCUT2D eigenvalue weighted by Gasteiger charge is -2.39. The van der Waals surface area contributed by atoms with Crippen molar-refractivity contribution in [3.05, 3.63) is 29.8 Å². The Bertz CT molecular complexity index is 863. The van der Waals surface area contributed by atoms with Crippen molar-refractivity contribution in [1.29, 1.82) is 0 Å². The van der Waals surface area contributed by atoms with E-state index in [0.29, 0.717) is 17.9 Å². The maximum Gasteiger partial charge on any atom is 0.389 e. The van der Waals surface area contributed by atoms with E-state index in [0.717, 1.165) is 65.3 Å². The van der Waals surface area contributed by atoms with Crippen molar-refractivity contribution in [2.75, 3.05) is 68.8 Å². The van der Waals surface area contributed by atoms with Gasteiger partial charge in [0, 0.05) is 62.6 Å². The number of hydrogen-bond donors (Lipinski definition) is 0. The molecule has 2 heterocycles. The Balaban J connectivity index is 1.49. The lowest BCUT2D eigenvalue weighted by Crippen LogP contribution is -2.47. The van der Waals surface area contributed by atoms with Gasteiger partial charge in [0.05, 0.1) is 13.2 Å². The second-order valence-electron chi connectivity index (χ2n) is 11.4. The Hall–Kier alpha value is -1.73. The minimum absolute atomic E-state index is 0.185. The van der Waals surface area contributed by atoms with E-state index in [4.69, 9.17) is 4.74 Å². The van der Waals surface area contributed by atoms with Crippen LogP contribution in [0.3, 0.4) is 0 Å². The van der Waals surface area contributed by atoms with Gasteiger partial charge in [-0.05, 0) is 67.3 Å². The topological polar surface area (TPSA) is 19.0 Å². The van der Waals surface area contributed by atoms with Gasteiger partial charge in [-0.25, -0.2) is 0 Å². The average molecular weight is 494 g/mol. The second-order valence-corrected chi connectivity index (χ2v) is 11.4. The first-order valence-corrected chi connectivity index (χ1v) is 13.3. The van der Waals surface area contributed by atoms with E-state index in [1.807, 2.05) is 0 Å². The van der Waals surface area contributed by atoms with Gasteiger partial charge >= 0.3 is 6.18 Å². The monoisotopic (exact) mass is 493 g/mol. The minimum Gasteiger partial charge on any atom is -0.378 e. The van der Waals surface area contributed by atoms with Crippen molar-refractivity contribution in [3.63, 3.8) is 0 Å². The van der Waals surface area contributed by atoms with Crippen molar-refractivity contribution < 1.29 is 17.9 Å². The third kappa shape index (κ3) is 7.16. The summed E-state index contributed by atoms with van der Waals surface area (Å²) in [5.41, 5.74) is 5.65. The zero-order valence-electron chi connectivity index (χ0n) is 21.7. The molecule has 1 aromatic carbocycles. The SMILES string of the molecule is CC(C)(C)C1CC=C(c2cc(N3CCOCC3)ccc2N2CCN(CCCC(F)(F)F)CC2)CC1. The number of alkyl halides is 3. The molecule has 0 radical (unpaired) electrons. The number of nitrogens with zero attached hydrogens (tertiary/aromatic N) is 3. The van der Waals surface area contributed by atoms with E-state index in [9.17, 15) is 13.2 Å². The number of ether oxygens (including phenoxy) is 1. The molecular weight excluding hydrogens is 451 g/mol. The number of piperazine rings is 1. The zero-order valence-corrected chi connectivity index (χ0v) is 21.7. The predicted octanol–water partition coefficient (Wildman–Crippen LogP) is 6.22. The highest BCUT2D eigenvalue weighted by molar-refractivity contribution is 5.80. The van der Waals surface area contributed by atoms with Crippen LogP contribution in [0.25, 0.3) is 5.57 Å². The molecule has 0 saturated carbocycles. The van der Waals surface area contributed by atoms with E-state index in [-0.39, 0.29) is 6.42 Å². The van der Waals surface area contributed by atoms with Crippen LogP contribution in [0.4, 0.5) is 24.5 Å². The van der Waals surface area contributed by atoms with Crippen LogP contribution in [0.15, 0.2) is 24.3 Å². The van der Waals surface area contributed by atoms with Crippen molar-refractivity contribution in [1.82, 2.24) is 4.90 Å². The van der Waals surface area contributed by atoms with Crippen molar-refractivity contribution >= 4 is 16.9 Å².